The second-order valence-corrected chi connectivity index (χ2v) is 4.49. The van der Waals surface area contributed by atoms with Gasteiger partial charge >= 0.3 is 5.97 Å². The number of nitriles is 1. The van der Waals surface area contributed by atoms with Crippen LogP contribution < -0.4 is 4.74 Å². The first-order valence-corrected chi connectivity index (χ1v) is 6.52. The van der Waals surface area contributed by atoms with Gasteiger partial charge in [0.25, 0.3) is 0 Å². The van der Waals surface area contributed by atoms with Crippen LogP contribution in [0.1, 0.15) is 23.6 Å². The van der Waals surface area contributed by atoms with Crippen molar-refractivity contribution in [3.63, 3.8) is 0 Å². The molecule has 0 fully saturated rings. The predicted octanol–water partition coefficient (Wildman–Crippen LogP) is 3.20. The molecule has 0 bridgehead atoms. The number of esters is 1. The van der Waals surface area contributed by atoms with Gasteiger partial charge in [-0.3, -0.25) is 4.79 Å². The van der Waals surface area contributed by atoms with Crippen LogP contribution >= 0.6 is 0 Å². The molecule has 0 unspecified atom stereocenters. The van der Waals surface area contributed by atoms with Crippen LogP contribution in [0.3, 0.4) is 0 Å². The fourth-order valence-corrected chi connectivity index (χ4v) is 1.82. The van der Waals surface area contributed by atoms with Gasteiger partial charge in [-0.25, -0.2) is 0 Å². The van der Waals surface area contributed by atoms with Crippen molar-refractivity contribution in [2.24, 2.45) is 0 Å². The van der Waals surface area contributed by atoms with Crippen molar-refractivity contribution in [3.05, 3.63) is 65.2 Å². The van der Waals surface area contributed by atoms with Crippen LogP contribution in [0, 0.1) is 11.3 Å². The average molecular weight is 281 g/mol. The smallest absolute Gasteiger partial charge is 0.302 e. The molecular formula is C17H15NO3. The summed E-state index contributed by atoms with van der Waals surface area (Å²) in [6.45, 7) is 1.85. The molecule has 2 aromatic carbocycles. The van der Waals surface area contributed by atoms with E-state index in [1.807, 2.05) is 30.3 Å². The zero-order valence-corrected chi connectivity index (χ0v) is 11.7. The first kappa shape index (κ1) is 14.6. The minimum Gasteiger partial charge on any atom is -0.488 e. The van der Waals surface area contributed by atoms with E-state index >= 15 is 0 Å². The molecule has 4 nitrogen and oxygen atoms in total. The zero-order valence-electron chi connectivity index (χ0n) is 11.7. The third-order valence-electron chi connectivity index (χ3n) is 2.86. The maximum Gasteiger partial charge on any atom is 0.302 e. The van der Waals surface area contributed by atoms with E-state index in [9.17, 15) is 4.79 Å². The molecule has 0 aliphatic heterocycles. The predicted molar refractivity (Wildman–Crippen MR) is 77.4 cm³/mol. The summed E-state index contributed by atoms with van der Waals surface area (Å²) in [5.74, 6) is 0.241. The second kappa shape index (κ2) is 7.11. The number of hydrogen-bond donors (Lipinski definition) is 0. The van der Waals surface area contributed by atoms with E-state index < -0.39 is 0 Å². The van der Waals surface area contributed by atoms with Gasteiger partial charge in [0.2, 0.25) is 0 Å². The van der Waals surface area contributed by atoms with Crippen LogP contribution in [0.4, 0.5) is 0 Å². The van der Waals surface area contributed by atoms with Gasteiger partial charge in [0.1, 0.15) is 19.0 Å². The molecule has 0 spiro atoms. The summed E-state index contributed by atoms with van der Waals surface area (Å²) in [6.07, 6.45) is 0. The Hall–Kier alpha value is -2.80. The van der Waals surface area contributed by atoms with Crippen molar-refractivity contribution in [1.29, 1.82) is 5.26 Å². The molecule has 0 aromatic heterocycles. The number of rotatable bonds is 5. The highest BCUT2D eigenvalue weighted by Crippen LogP contribution is 2.22. The second-order valence-electron chi connectivity index (χ2n) is 4.49. The van der Waals surface area contributed by atoms with Gasteiger partial charge in [-0.1, -0.05) is 30.3 Å². The zero-order chi connectivity index (χ0) is 15.1. The summed E-state index contributed by atoms with van der Waals surface area (Å²) in [4.78, 5) is 10.9. The lowest BCUT2D eigenvalue weighted by molar-refractivity contribution is -0.142. The Balaban J connectivity index is 2.13. The Labute approximate surface area is 123 Å². The van der Waals surface area contributed by atoms with Crippen molar-refractivity contribution in [2.75, 3.05) is 0 Å². The van der Waals surface area contributed by atoms with Gasteiger partial charge in [0.05, 0.1) is 11.6 Å². The fourth-order valence-electron chi connectivity index (χ4n) is 1.82. The van der Waals surface area contributed by atoms with Gasteiger partial charge in [0, 0.05) is 12.5 Å². The fraction of sp³-hybridized carbons (Fsp3) is 0.176. The van der Waals surface area contributed by atoms with Crippen molar-refractivity contribution in [3.8, 4) is 11.8 Å². The highest BCUT2D eigenvalue weighted by Gasteiger charge is 2.08. The Kier molecular flexibility index (Phi) is 4.94. The lowest BCUT2D eigenvalue weighted by atomic mass is 10.1. The van der Waals surface area contributed by atoms with Crippen LogP contribution in [0.15, 0.2) is 48.5 Å². The van der Waals surface area contributed by atoms with Gasteiger partial charge in [-0.15, -0.1) is 0 Å². The van der Waals surface area contributed by atoms with Crippen molar-refractivity contribution >= 4 is 5.97 Å². The van der Waals surface area contributed by atoms with Crippen molar-refractivity contribution in [2.45, 2.75) is 20.1 Å². The Morgan fingerprint density at radius 1 is 1.14 bits per heavy atom. The highest BCUT2D eigenvalue weighted by molar-refractivity contribution is 5.66. The standard InChI is InChI=1S/C17H15NO3/c1-13(19)20-12-16-9-15(10-18)7-8-17(16)21-11-14-5-3-2-4-6-14/h2-9H,11-12H2,1H3. The van der Waals surface area contributed by atoms with E-state index in [0.29, 0.717) is 23.5 Å². The normalized spacial score (nSPS) is 9.71. The van der Waals surface area contributed by atoms with Crippen LogP contribution in [0.2, 0.25) is 0 Å². The molecular weight excluding hydrogens is 266 g/mol. The minimum atomic E-state index is -0.369. The molecule has 21 heavy (non-hydrogen) atoms. The SMILES string of the molecule is CC(=O)OCc1cc(C#N)ccc1OCc1ccccc1. The molecule has 2 rings (SSSR count). The number of benzene rings is 2. The summed E-state index contributed by atoms with van der Waals surface area (Å²) < 4.78 is 10.7. The van der Waals surface area contributed by atoms with E-state index in [0.717, 1.165) is 5.56 Å². The summed E-state index contributed by atoms with van der Waals surface area (Å²) in [6, 6.07) is 16.9. The van der Waals surface area contributed by atoms with Crippen LogP contribution in [0.25, 0.3) is 0 Å². The third kappa shape index (κ3) is 4.36. The largest absolute Gasteiger partial charge is 0.488 e. The number of carbonyl (C=O) groups excluding carboxylic acids is 1. The lowest BCUT2D eigenvalue weighted by Gasteiger charge is -2.12. The van der Waals surface area contributed by atoms with Crippen LogP contribution in [-0.2, 0) is 22.7 Å². The van der Waals surface area contributed by atoms with E-state index in [1.54, 1.807) is 18.2 Å². The average Bonchev–Trinajstić information content (AvgIpc) is 2.52. The molecule has 0 amide bonds. The van der Waals surface area contributed by atoms with Crippen LogP contribution in [0.5, 0.6) is 5.75 Å². The molecule has 0 heterocycles. The number of carbonyl (C=O) groups is 1. The third-order valence-corrected chi connectivity index (χ3v) is 2.86. The summed E-state index contributed by atoms with van der Waals surface area (Å²) in [7, 11) is 0. The minimum absolute atomic E-state index is 0.0922. The van der Waals surface area contributed by atoms with Gasteiger partial charge in [0.15, 0.2) is 0 Å². The maximum atomic E-state index is 10.9. The van der Waals surface area contributed by atoms with Gasteiger partial charge in [-0.05, 0) is 23.8 Å². The molecule has 4 heteroatoms. The van der Waals surface area contributed by atoms with E-state index in [4.69, 9.17) is 14.7 Å². The Bertz CT molecular complexity index is 659. The monoisotopic (exact) mass is 281 g/mol. The number of hydrogen-bond acceptors (Lipinski definition) is 4. The topological polar surface area (TPSA) is 59.3 Å². The quantitative estimate of drug-likeness (QED) is 0.790. The maximum absolute atomic E-state index is 10.9. The van der Waals surface area contributed by atoms with Crippen molar-refractivity contribution < 1.29 is 14.3 Å². The van der Waals surface area contributed by atoms with E-state index in [2.05, 4.69) is 6.07 Å². The molecule has 0 atom stereocenters. The van der Waals surface area contributed by atoms with E-state index in [1.165, 1.54) is 6.92 Å². The molecule has 2 aromatic rings. The van der Waals surface area contributed by atoms with Gasteiger partial charge in [-0.2, -0.15) is 5.26 Å². The molecule has 0 saturated heterocycles. The highest BCUT2D eigenvalue weighted by atomic mass is 16.5. The molecule has 0 N–H and O–H groups in total. The van der Waals surface area contributed by atoms with Crippen LogP contribution in [-0.4, -0.2) is 5.97 Å². The lowest BCUT2D eigenvalue weighted by Crippen LogP contribution is -2.03. The molecule has 0 aliphatic rings. The first-order valence-electron chi connectivity index (χ1n) is 6.52. The number of ether oxygens (including phenoxy) is 2. The first-order chi connectivity index (χ1) is 10.2. The van der Waals surface area contributed by atoms with Crippen molar-refractivity contribution in [1.82, 2.24) is 0 Å². The summed E-state index contributed by atoms with van der Waals surface area (Å²) >= 11 is 0. The molecule has 0 aliphatic carbocycles. The molecule has 0 radical (unpaired) electrons. The Morgan fingerprint density at radius 2 is 1.90 bits per heavy atom. The molecule has 106 valence electrons. The Morgan fingerprint density at radius 3 is 2.57 bits per heavy atom. The van der Waals surface area contributed by atoms with Gasteiger partial charge < -0.3 is 9.47 Å². The number of nitrogens with zero attached hydrogens (tertiary/aromatic N) is 1. The summed E-state index contributed by atoms with van der Waals surface area (Å²) in [5.41, 5.74) is 2.23. The van der Waals surface area contributed by atoms with E-state index in [-0.39, 0.29) is 12.6 Å². The summed E-state index contributed by atoms with van der Waals surface area (Å²) in [5, 5.41) is 8.94. The molecule has 0 saturated carbocycles.